The van der Waals surface area contributed by atoms with E-state index in [-0.39, 0.29) is 5.65 Å². The molecule has 1 saturated heterocycles. The monoisotopic (exact) mass is 388 g/mol. The summed E-state index contributed by atoms with van der Waals surface area (Å²) < 4.78 is 40.0. The van der Waals surface area contributed by atoms with Crippen molar-refractivity contribution in [3.05, 3.63) is 41.9 Å². The van der Waals surface area contributed by atoms with E-state index < -0.39 is 12.0 Å². The molecule has 3 aromatic rings. The zero-order chi connectivity index (χ0) is 19.7. The molecule has 0 spiro atoms. The third-order valence-corrected chi connectivity index (χ3v) is 4.52. The Morgan fingerprint density at radius 2 is 1.64 bits per heavy atom. The molecule has 0 saturated carbocycles. The summed E-state index contributed by atoms with van der Waals surface area (Å²) in [5.74, 6) is 0.0671. The van der Waals surface area contributed by atoms with Gasteiger partial charge in [-0.15, -0.1) is 15.3 Å². The molecule has 0 bridgehead atoms. The maximum absolute atomic E-state index is 13.1. The average Bonchev–Trinajstić information content (AvgIpc) is 2.97. The van der Waals surface area contributed by atoms with Crippen LogP contribution >= 0.6 is 0 Å². The summed E-state index contributed by atoms with van der Waals surface area (Å²) in [5, 5.41) is 19.7. The summed E-state index contributed by atoms with van der Waals surface area (Å²) in [5.41, 5.74) is 0.543. The molecule has 0 radical (unpaired) electrons. The van der Waals surface area contributed by atoms with E-state index in [1.807, 2.05) is 11.0 Å². The lowest BCUT2D eigenvalue weighted by atomic mass is 10.3. The van der Waals surface area contributed by atoms with Crippen molar-refractivity contribution in [3.8, 4) is 6.07 Å². The lowest BCUT2D eigenvalue weighted by molar-refractivity contribution is -0.146. The minimum absolute atomic E-state index is 0.0503. The maximum Gasteiger partial charge on any atom is 0.453 e. The van der Waals surface area contributed by atoms with Crippen LogP contribution in [-0.4, -0.2) is 51.0 Å². The highest BCUT2D eigenvalue weighted by molar-refractivity contribution is 5.47. The Hall–Kier alpha value is -3.42. The molecule has 0 aliphatic carbocycles. The molecule has 4 rings (SSSR count). The number of halogens is 3. The van der Waals surface area contributed by atoms with Crippen LogP contribution in [0.4, 0.5) is 24.8 Å². The predicted octanol–water partition coefficient (Wildman–Crippen LogP) is 2.13. The number of hydrogen-bond donors (Lipinski definition) is 0. The minimum Gasteiger partial charge on any atom is -0.355 e. The summed E-state index contributed by atoms with van der Waals surface area (Å²) in [4.78, 5) is 8.33. The van der Waals surface area contributed by atoms with Crippen LogP contribution in [0.3, 0.4) is 0 Å². The molecule has 0 atom stereocenters. The minimum atomic E-state index is -4.62. The van der Waals surface area contributed by atoms with Gasteiger partial charge in [-0.1, -0.05) is 0 Å². The van der Waals surface area contributed by atoms with Gasteiger partial charge in [-0.2, -0.15) is 22.9 Å². The van der Waals surface area contributed by atoms with Crippen LogP contribution in [-0.2, 0) is 6.18 Å². The smallest absolute Gasteiger partial charge is 0.355 e. The highest BCUT2D eigenvalue weighted by Gasteiger charge is 2.37. The molecule has 144 valence electrons. The molecule has 0 aromatic carbocycles. The normalized spacial score (nSPS) is 15.5. The molecule has 1 aliphatic heterocycles. The van der Waals surface area contributed by atoms with Crippen molar-refractivity contribution in [2.24, 2.45) is 0 Å². The van der Waals surface area contributed by atoms with Gasteiger partial charge in [-0.05, 0) is 30.7 Å². The van der Waals surface area contributed by atoms with Crippen LogP contribution in [0.1, 0.15) is 17.8 Å². The molecule has 1 fully saturated rings. The van der Waals surface area contributed by atoms with Crippen molar-refractivity contribution in [1.82, 2.24) is 24.8 Å². The van der Waals surface area contributed by atoms with Crippen LogP contribution < -0.4 is 9.80 Å². The van der Waals surface area contributed by atoms with Gasteiger partial charge >= 0.3 is 6.18 Å². The van der Waals surface area contributed by atoms with Gasteiger partial charge in [0.1, 0.15) is 17.7 Å². The maximum atomic E-state index is 13.1. The molecule has 8 nitrogen and oxygen atoms in total. The summed E-state index contributed by atoms with van der Waals surface area (Å²) in [6.07, 6.45) is -2.31. The van der Waals surface area contributed by atoms with E-state index >= 15 is 0 Å². The Labute approximate surface area is 157 Å². The van der Waals surface area contributed by atoms with Crippen molar-refractivity contribution >= 4 is 17.3 Å². The summed E-state index contributed by atoms with van der Waals surface area (Å²) in [7, 11) is 0. The Morgan fingerprint density at radius 1 is 0.929 bits per heavy atom. The zero-order valence-electron chi connectivity index (χ0n) is 14.6. The molecule has 0 unspecified atom stereocenters. The lowest BCUT2D eigenvalue weighted by Gasteiger charge is -2.23. The Kier molecular flexibility index (Phi) is 4.46. The van der Waals surface area contributed by atoms with Crippen LogP contribution in [0, 0.1) is 11.3 Å². The van der Waals surface area contributed by atoms with Gasteiger partial charge in [-0.25, -0.2) is 4.98 Å². The molecule has 0 amide bonds. The highest BCUT2D eigenvalue weighted by atomic mass is 19.4. The predicted molar refractivity (Wildman–Crippen MR) is 93.8 cm³/mol. The van der Waals surface area contributed by atoms with E-state index in [0.29, 0.717) is 31.0 Å². The van der Waals surface area contributed by atoms with Crippen LogP contribution in [0.15, 0.2) is 30.5 Å². The number of fused-ring (bicyclic) bond motifs is 1. The van der Waals surface area contributed by atoms with Gasteiger partial charge in [0.25, 0.3) is 5.82 Å². The van der Waals surface area contributed by atoms with E-state index in [4.69, 9.17) is 5.26 Å². The number of aromatic nitrogens is 5. The number of nitriles is 1. The first-order valence-corrected chi connectivity index (χ1v) is 8.61. The van der Waals surface area contributed by atoms with E-state index in [9.17, 15) is 13.2 Å². The summed E-state index contributed by atoms with van der Waals surface area (Å²) in [6, 6.07) is 8.68. The fraction of sp³-hybridized carbons (Fsp3) is 0.353. The molecule has 11 heteroatoms. The van der Waals surface area contributed by atoms with Crippen molar-refractivity contribution in [2.75, 3.05) is 36.0 Å². The third-order valence-electron chi connectivity index (χ3n) is 4.52. The fourth-order valence-electron chi connectivity index (χ4n) is 3.14. The largest absolute Gasteiger partial charge is 0.453 e. The number of anilines is 2. The first-order valence-electron chi connectivity index (χ1n) is 8.61. The van der Waals surface area contributed by atoms with Crippen LogP contribution in [0.5, 0.6) is 0 Å². The highest BCUT2D eigenvalue weighted by Crippen LogP contribution is 2.28. The first kappa shape index (κ1) is 18.0. The molecule has 0 N–H and O–H groups in total. The van der Waals surface area contributed by atoms with E-state index in [1.165, 1.54) is 12.3 Å². The first-order chi connectivity index (χ1) is 13.5. The average molecular weight is 388 g/mol. The number of hydrogen-bond acceptors (Lipinski definition) is 7. The van der Waals surface area contributed by atoms with Gasteiger partial charge in [0.05, 0.1) is 5.56 Å². The van der Waals surface area contributed by atoms with Gasteiger partial charge in [0, 0.05) is 32.4 Å². The van der Waals surface area contributed by atoms with Crippen LogP contribution in [0.2, 0.25) is 0 Å². The summed E-state index contributed by atoms with van der Waals surface area (Å²) >= 11 is 0. The molecule has 28 heavy (non-hydrogen) atoms. The van der Waals surface area contributed by atoms with E-state index in [2.05, 4.69) is 25.2 Å². The fourth-order valence-corrected chi connectivity index (χ4v) is 3.14. The Bertz CT molecular complexity index is 1020. The van der Waals surface area contributed by atoms with Crippen molar-refractivity contribution < 1.29 is 13.2 Å². The number of nitrogens with zero attached hydrogens (tertiary/aromatic N) is 8. The molecular weight excluding hydrogens is 373 g/mol. The SMILES string of the molecule is N#Cc1ccc(N2CCCN(c3ccc4nnc(C(F)(F)F)n4n3)CC2)nc1. The molecule has 4 heterocycles. The lowest BCUT2D eigenvalue weighted by Crippen LogP contribution is -2.32. The number of alkyl halides is 3. The Balaban J connectivity index is 1.54. The van der Waals surface area contributed by atoms with Crippen molar-refractivity contribution in [1.29, 1.82) is 5.26 Å². The quantitative estimate of drug-likeness (QED) is 0.665. The standard InChI is InChI=1S/C17H15F3N8/c18-17(19,20)16-24-23-14-4-5-15(25-28(14)16)27-7-1-6-26(8-9-27)13-3-2-12(10-21)11-22-13/h2-5,11H,1,6-9H2. The molecule has 3 aromatic heterocycles. The van der Waals surface area contributed by atoms with Crippen LogP contribution in [0.25, 0.3) is 5.65 Å². The van der Waals surface area contributed by atoms with E-state index in [0.717, 1.165) is 23.3 Å². The van der Waals surface area contributed by atoms with E-state index in [1.54, 1.807) is 18.2 Å². The van der Waals surface area contributed by atoms with Gasteiger partial charge < -0.3 is 9.80 Å². The second-order valence-electron chi connectivity index (χ2n) is 6.33. The molecular formula is C17H15F3N8. The summed E-state index contributed by atoms with van der Waals surface area (Å²) in [6.45, 7) is 2.60. The second-order valence-corrected chi connectivity index (χ2v) is 6.33. The third kappa shape index (κ3) is 3.40. The Morgan fingerprint density at radius 3 is 2.29 bits per heavy atom. The topological polar surface area (TPSA) is 86.2 Å². The second kappa shape index (κ2) is 6.95. The number of pyridine rings is 1. The van der Waals surface area contributed by atoms with Gasteiger partial charge in [-0.3, -0.25) is 0 Å². The van der Waals surface area contributed by atoms with Gasteiger partial charge in [0.2, 0.25) is 0 Å². The number of rotatable bonds is 2. The van der Waals surface area contributed by atoms with Gasteiger partial charge in [0.15, 0.2) is 5.65 Å². The zero-order valence-corrected chi connectivity index (χ0v) is 14.6. The molecule has 1 aliphatic rings. The van der Waals surface area contributed by atoms with Crippen molar-refractivity contribution in [3.63, 3.8) is 0 Å². The van der Waals surface area contributed by atoms with Crippen molar-refractivity contribution in [2.45, 2.75) is 12.6 Å².